The monoisotopic (exact) mass is 279 g/mol. The molecule has 0 saturated heterocycles. The van der Waals surface area contributed by atoms with E-state index in [-0.39, 0.29) is 5.56 Å². The molecule has 0 spiro atoms. The number of furan rings is 1. The van der Waals surface area contributed by atoms with E-state index in [1.54, 1.807) is 19.2 Å². The van der Waals surface area contributed by atoms with Crippen LogP contribution in [0, 0.1) is 0 Å². The van der Waals surface area contributed by atoms with Gasteiger partial charge < -0.3 is 20.0 Å². The number of hydrogen-bond acceptors (Lipinski definition) is 5. The first-order chi connectivity index (χ1) is 9.10. The minimum atomic E-state index is -0.999. The van der Waals surface area contributed by atoms with Gasteiger partial charge in [-0.25, -0.2) is 4.79 Å². The number of nitrogens with two attached hydrogens (primary N) is 1. The number of carboxylic acid groups (broad SMARTS) is 1. The molecule has 1 heterocycles. The second-order valence-corrected chi connectivity index (χ2v) is 4.82. The Morgan fingerprint density at radius 3 is 2.89 bits per heavy atom. The summed E-state index contributed by atoms with van der Waals surface area (Å²) >= 11 is 1.46. The molecule has 6 heteroatoms. The smallest absolute Gasteiger partial charge is 0.338 e. The van der Waals surface area contributed by atoms with Gasteiger partial charge in [-0.1, -0.05) is 0 Å². The predicted octanol–water partition coefficient (Wildman–Crippen LogP) is 2.86. The average molecular weight is 279 g/mol. The second kappa shape index (κ2) is 5.71. The summed E-state index contributed by atoms with van der Waals surface area (Å²) in [5, 5.41) is 8.79. The van der Waals surface area contributed by atoms with E-state index >= 15 is 0 Å². The standard InChI is InChI=1S/C13H13NO4S/c1-17-9-2-3-11(14)12(5-9)19-7-10-4-8(6-18-10)13(15)16/h2-6H,7,14H2,1H3,(H,15,16). The van der Waals surface area contributed by atoms with Crippen molar-refractivity contribution >= 4 is 23.4 Å². The Morgan fingerprint density at radius 2 is 2.26 bits per heavy atom. The summed E-state index contributed by atoms with van der Waals surface area (Å²) in [4.78, 5) is 11.6. The molecule has 19 heavy (non-hydrogen) atoms. The highest BCUT2D eigenvalue weighted by molar-refractivity contribution is 7.98. The first-order valence-corrected chi connectivity index (χ1v) is 6.45. The third kappa shape index (κ3) is 3.23. The van der Waals surface area contributed by atoms with Crippen LogP contribution in [0.4, 0.5) is 5.69 Å². The summed E-state index contributed by atoms with van der Waals surface area (Å²) in [7, 11) is 1.59. The summed E-state index contributed by atoms with van der Waals surface area (Å²) in [5.74, 6) is 0.817. The first kappa shape index (κ1) is 13.4. The van der Waals surface area contributed by atoms with Gasteiger partial charge in [-0.05, 0) is 24.3 Å². The van der Waals surface area contributed by atoms with Crippen LogP contribution in [0.25, 0.3) is 0 Å². The highest BCUT2D eigenvalue weighted by Gasteiger charge is 2.09. The molecule has 5 nitrogen and oxygen atoms in total. The van der Waals surface area contributed by atoms with Gasteiger partial charge in [0.2, 0.25) is 0 Å². The molecule has 0 bridgehead atoms. The Morgan fingerprint density at radius 1 is 1.47 bits per heavy atom. The fourth-order valence-corrected chi connectivity index (χ4v) is 2.37. The average Bonchev–Trinajstić information content (AvgIpc) is 2.87. The summed E-state index contributed by atoms with van der Waals surface area (Å²) in [6, 6.07) is 6.90. The number of benzene rings is 1. The number of aromatic carboxylic acids is 1. The lowest BCUT2D eigenvalue weighted by molar-refractivity contribution is 0.0696. The van der Waals surface area contributed by atoms with Crippen LogP contribution in [0.1, 0.15) is 16.1 Å². The lowest BCUT2D eigenvalue weighted by Crippen LogP contribution is -1.92. The third-order valence-corrected chi connectivity index (χ3v) is 3.58. The summed E-state index contributed by atoms with van der Waals surface area (Å²) in [6.07, 6.45) is 1.23. The van der Waals surface area contributed by atoms with Crippen LogP contribution in [0.2, 0.25) is 0 Å². The zero-order valence-corrected chi connectivity index (χ0v) is 11.1. The molecule has 3 N–H and O–H groups in total. The number of ether oxygens (including phenoxy) is 1. The molecular formula is C13H13NO4S. The second-order valence-electron chi connectivity index (χ2n) is 3.80. The lowest BCUT2D eigenvalue weighted by atomic mass is 10.3. The Bertz CT molecular complexity index is 594. The lowest BCUT2D eigenvalue weighted by Gasteiger charge is -2.06. The largest absolute Gasteiger partial charge is 0.497 e. The fraction of sp³-hybridized carbons (Fsp3) is 0.154. The van der Waals surface area contributed by atoms with Crippen LogP contribution in [0.15, 0.2) is 39.8 Å². The van der Waals surface area contributed by atoms with Gasteiger partial charge >= 0.3 is 5.97 Å². The molecule has 0 aliphatic carbocycles. The van der Waals surface area contributed by atoms with Crippen molar-refractivity contribution in [3.63, 3.8) is 0 Å². The number of rotatable bonds is 5. The van der Waals surface area contributed by atoms with Gasteiger partial charge in [-0.2, -0.15) is 0 Å². The van der Waals surface area contributed by atoms with E-state index in [2.05, 4.69) is 0 Å². The maximum absolute atomic E-state index is 10.7. The van der Waals surface area contributed by atoms with Gasteiger partial charge in [-0.15, -0.1) is 11.8 Å². The summed E-state index contributed by atoms with van der Waals surface area (Å²) < 4.78 is 10.3. The molecule has 0 saturated carbocycles. The van der Waals surface area contributed by atoms with Crippen LogP contribution in [-0.2, 0) is 5.75 Å². The summed E-state index contributed by atoms with van der Waals surface area (Å²) in [6.45, 7) is 0. The van der Waals surface area contributed by atoms with Crippen molar-refractivity contribution in [1.29, 1.82) is 0 Å². The highest BCUT2D eigenvalue weighted by atomic mass is 32.2. The van der Waals surface area contributed by atoms with Crippen LogP contribution in [0.3, 0.4) is 0 Å². The van der Waals surface area contributed by atoms with Crippen molar-refractivity contribution in [2.75, 3.05) is 12.8 Å². The zero-order valence-electron chi connectivity index (χ0n) is 10.3. The van der Waals surface area contributed by atoms with Crippen molar-refractivity contribution in [2.45, 2.75) is 10.6 Å². The molecule has 0 radical (unpaired) electrons. The number of carboxylic acids is 1. The topological polar surface area (TPSA) is 85.7 Å². The maximum Gasteiger partial charge on any atom is 0.338 e. The number of anilines is 1. The highest BCUT2D eigenvalue weighted by Crippen LogP contribution is 2.31. The van der Waals surface area contributed by atoms with Gasteiger partial charge in [-0.3, -0.25) is 0 Å². The Kier molecular flexibility index (Phi) is 4.01. The molecule has 1 aromatic heterocycles. The van der Waals surface area contributed by atoms with Crippen molar-refractivity contribution in [3.8, 4) is 5.75 Å². The van der Waals surface area contributed by atoms with Gasteiger partial charge in [0.25, 0.3) is 0 Å². The van der Waals surface area contributed by atoms with Gasteiger partial charge in [0.05, 0.1) is 18.4 Å². The van der Waals surface area contributed by atoms with Crippen molar-refractivity contribution in [1.82, 2.24) is 0 Å². The fourth-order valence-electron chi connectivity index (χ4n) is 1.48. The SMILES string of the molecule is COc1ccc(N)c(SCc2cc(C(=O)O)co2)c1. The number of thioether (sulfide) groups is 1. The van der Waals surface area contributed by atoms with E-state index in [1.807, 2.05) is 6.07 Å². The van der Waals surface area contributed by atoms with E-state index in [9.17, 15) is 4.79 Å². The van der Waals surface area contributed by atoms with Gasteiger partial charge in [0.1, 0.15) is 17.8 Å². The zero-order chi connectivity index (χ0) is 13.8. The molecule has 100 valence electrons. The normalized spacial score (nSPS) is 10.4. The minimum absolute atomic E-state index is 0.147. The van der Waals surface area contributed by atoms with E-state index < -0.39 is 5.97 Å². The first-order valence-electron chi connectivity index (χ1n) is 5.47. The molecule has 0 unspecified atom stereocenters. The van der Waals surface area contributed by atoms with Gasteiger partial charge in [0, 0.05) is 10.6 Å². The molecule has 0 amide bonds. The molecule has 0 atom stereocenters. The molecular weight excluding hydrogens is 266 g/mol. The van der Waals surface area contributed by atoms with E-state index in [4.69, 9.17) is 20.0 Å². The maximum atomic E-state index is 10.7. The number of carbonyl (C=O) groups is 1. The van der Waals surface area contributed by atoms with Crippen LogP contribution in [0.5, 0.6) is 5.75 Å². The van der Waals surface area contributed by atoms with Crippen LogP contribution >= 0.6 is 11.8 Å². The van der Waals surface area contributed by atoms with E-state index in [1.165, 1.54) is 24.1 Å². The molecule has 2 aromatic rings. The molecule has 0 fully saturated rings. The predicted molar refractivity (Wildman–Crippen MR) is 72.6 cm³/mol. The Balaban J connectivity index is 2.07. The van der Waals surface area contributed by atoms with E-state index in [0.717, 1.165) is 10.6 Å². The summed E-state index contributed by atoms with van der Waals surface area (Å²) in [5.41, 5.74) is 6.66. The van der Waals surface area contributed by atoms with Gasteiger partial charge in [0.15, 0.2) is 0 Å². The molecule has 2 rings (SSSR count). The number of nitrogen functional groups attached to an aromatic ring is 1. The Hall–Kier alpha value is -2.08. The van der Waals surface area contributed by atoms with Crippen LogP contribution < -0.4 is 10.5 Å². The Labute approximate surface area is 114 Å². The van der Waals surface area contributed by atoms with Crippen molar-refractivity contribution in [3.05, 3.63) is 41.9 Å². The third-order valence-electron chi connectivity index (χ3n) is 2.49. The van der Waals surface area contributed by atoms with E-state index in [0.29, 0.717) is 17.2 Å². The van der Waals surface area contributed by atoms with Crippen LogP contribution in [-0.4, -0.2) is 18.2 Å². The number of methoxy groups -OCH3 is 1. The molecule has 1 aromatic carbocycles. The molecule has 0 aliphatic heterocycles. The molecule has 0 aliphatic rings. The minimum Gasteiger partial charge on any atom is -0.497 e. The van der Waals surface area contributed by atoms with Crippen molar-refractivity contribution < 1.29 is 19.1 Å². The van der Waals surface area contributed by atoms with Crippen molar-refractivity contribution in [2.24, 2.45) is 0 Å². The quantitative estimate of drug-likeness (QED) is 0.646. The number of hydrogen-bond donors (Lipinski definition) is 2.